The van der Waals surface area contributed by atoms with Gasteiger partial charge in [0.15, 0.2) is 6.29 Å². The number of ether oxygens (including phenoxy) is 4. The van der Waals surface area contributed by atoms with Crippen LogP contribution in [0.15, 0.2) is 0 Å². The molecular formula is C18H32O8S4. The highest BCUT2D eigenvalue weighted by Gasteiger charge is 2.38. The Hall–Kier alpha value is -0.270. The number of carbonyl (C=O) groups is 3. The summed E-state index contributed by atoms with van der Waals surface area (Å²) in [6.45, 7) is 1.20. The largest absolute Gasteiger partial charge is 0.465 e. The van der Waals surface area contributed by atoms with E-state index in [2.05, 4.69) is 50.5 Å². The summed E-state index contributed by atoms with van der Waals surface area (Å²) in [7, 11) is 0. The van der Waals surface area contributed by atoms with Crippen LogP contribution in [0.5, 0.6) is 0 Å². The van der Waals surface area contributed by atoms with Gasteiger partial charge in [-0.1, -0.05) is 6.92 Å². The summed E-state index contributed by atoms with van der Waals surface area (Å²) in [5.41, 5.74) is -1.20. The average molecular weight is 505 g/mol. The van der Waals surface area contributed by atoms with Gasteiger partial charge < -0.3 is 24.1 Å². The van der Waals surface area contributed by atoms with Crippen molar-refractivity contribution >= 4 is 68.4 Å². The molecule has 0 aliphatic heterocycles. The minimum absolute atomic E-state index is 0.0777. The van der Waals surface area contributed by atoms with Crippen LogP contribution in [0.25, 0.3) is 0 Å². The van der Waals surface area contributed by atoms with Gasteiger partial charge in [-0.25, -0.2) is 0 Å². The molecule has 30 heavy (non-hydrogen) atoms. The van der Waals surface area contributed by atoms with Crippen LogP contribution in [0.1, 0.15) is 32.6 Å². The van der Waals surface area contributed by atoms with E-state index in [0.717, 1.165) is 0 Å². The van der Waals surface area contributed by atoms with E-state index in [1.165, 1.54) is 0 Å². The second-order valence-corrected chi connectivity index (χ2v) is 8.97. The number of hydrogen-bond acceptors (Lipinski definition) is 12. The quantitative estimate of drug-likeness (QED) is 0.0880. The van der Waals surface area contributed by atoms with Gasteiger partial charge in [-0.2, -0.15) is 50.5 Å². The van der Waals surface area contributed by atoms with Crippen molar-refractivity contribution < 1.29 is 38.4 Å². The number of esters is 3. The Morgan fingerprint density at radius 2 is 1.20 bits per heavy atom. The first-order chi connectivity index (χ1) is 14.2. The molecule has 0 aliphatic carbocycles. The predicted octanol–water partition coefficient (Wildman–Crippen LogP) is 1.61. The minimum atomic E-state index is -1.28. The molecule has 0 aromatic heterocycles. The summed E-state index contributed by atoms with van der Waals surface area (Å²) in [6.07, 6.45) is -1.16. The molecule has 0 radical (unpaired) electrons. The van der Waals surface area contributed by atoms with E-state index in [-0.39, 0.29) is 57.4 Å². The molecule has 0 amide bonds. The maximum Gasteiger partial charge on any atom is 0.306 e. The highest BCUT2D eigenvalue weighted by Crippen LogP contribution is 2.28. The average Bonchev–Trinajstić information content (AvgIpc) is 2.68. The first-order valence-corrected chi connectivity index (χ1v) is 11.9. The van der Waals surface area contributed by atoms with Crippen molar-refractivity contribution in [2.24, 2.45) is 5.41 Å². The summed E-state index contributed by atoms with van der Waals surface area (Å²) < 4.78 is 21.2. The lowest BCUT2D eigenvalue weighted by molar-refractivity contribution is -0.177. The highest BCUT2D eigenvalue weighted by atomic mass is 32.1. The fourth-order valence-corrected chi connectivity index (χ4v) is 2.81. The fraction of sp³-hybridized carbons (Fsp3) is 0.833. The third-order valence-corrected chi connectivity index (χ3v) is 4.52. The van der Waals surface area contributed by atoms with Crippen molar-refractivity contribution in [1.29, 1.82) is 0 Å². The molecule has 0 saturated heterocycles. The molecular weight excluding hydrogens is 472 g/mol. The minimum Gasteiger partial charge on any atom is -0.465 e. The van der Waals surface area contributed by atoms with Gasteiger partial charge in [0, 0.05) is 28.9 Å². The van der Waals surface area contributed by atoms with Crippen LogP contribution in [-0.4, -0.2) is 78.2 Å². The molecule has 0 aliphatic rings. The number of aliphatic hydroxyl groups is 1. The molecule has 8 nitrogen and oxygen atoms in total. The lowest BCUT2D eigenvalue weighted by Crippen LogP contribution is -2.43. The Labute approximate surface area is 199 Å². The van der Waals surface area contributed by atoms with Crippen LogP contribution in [0, 0.1) is 5.41 Å². The number of thiol groups is 4. The third-order valence-electron chi connectivity index (χ3n) is 3.70. The van der Waals surface area contributed by atoms with Crippen molar-refractivity contribution in [3.8, 4) is 0 Å². The van der Waals surface area contributed by atoms with Crippen LogP contribution in [0.4, 0.5) is 0 Å². The lowest BCUT2D eigenvalue weighted by atomic mass is 9.86. The van der Waals surface area contributed by atoms with Crippen molar-refractivity contribution in [2.75, 3.05) is 43.7 Å². The molecule has 176 valence electrons. The molecule has 0 aromatic carbocycles. The van der Waals surface area contributed by atoms with Gasteiger partial charge in [-0.05, 0) is 0 Å². The topological polar surface area (TPSA) is 108 Å². The van der Waals surface area contributed by atoms with Crippen LogP contribution in [0.3, 0.4) is 0 Å². The van der Waals surface area contributed by atoms with E-state index in [9.17, 15) is 19.5 Å². The standard InChI is InChI=1S/C18H32O8S4/c1-13(30)9-23-17(22)8-18(10-24-14(19)2-5-27,11-25-15(20)3-6-28)12-26-16(21)4-7-29/h13,17,22,27-30H,2-12H2,1H3. The fourth-order valence-electron chi connectivity index (χ4n) is 2.17. The predicted molar refractivity (Wildman–Crippen MR) is 126 cm³/mol. The van der Waals surface area contributed by atoms with Crippen LogP contribution in [-0.2, 0) is 33.3 Å². The van der Waals surface area contributed by atoms with E-state index in [1.54, 1.807) is 6.92 Å². The van der Waals surface area contributed by atoms with Gasteiger partial charge in [-0.15, -0.1) is 0 Å². The Kier molecular flexibility index (Phi) is 17.1. The zero-order valence-electron chi connectivity index (χ0n) is 17.0. The maximum absolute atomic E-state index is 11.9. The SMILES string of the molecule is CC(S)COC(O)CC(COC(=O)CCS)(COC(=O)CCS)COC(=O)CCS. The summed E-state index contributed by atoms with van der Waals surface area (Å²) >= 11 is 16.2. The first-order valence-electron chi connectivity index (χ1n) is 9.45. The first kappa shape index (κ1) is 29.7. The number of rotatable bonds is 17. The number of aliphatic hydroxyl groups excluding tert-OH is 1. The Morgan fingerprint density at radius 1 is 0.833 bits per heavy atom. The molecule has 0 aromatic rings. The van der Waals surface area contributed by atoms with E-state index >= 15 is 0 Å². The molecule has 0 fully saturated rings. The Bertz CT molecular complexity index is 463. The molecule has 0 heterocycles. The van der Waals surface area contributed by atoms with E-state index in [1.807, 2.05) is 0 Å². The summed E-state index contributed by atoms with van der Waals surface area (Å²) in [4.78, 5) is 35.6. The molecule has 12 heteroatoms. The monoisotopic (exact) mass is 504 g/mol. The van der Waals surface area contributed by atoms with Crippen LogP contribution >= 0.6 is 50.5 Å². The van der Waals surface area contributed by atoms with Crippen LogP contribution < -0.4 is 0 Å². The maximum atomic E-state index is 11.9. The van der Waals surface area contributed by atoms with Gasteiger partial charge >= 0.3 is 17.9 Å². The van der Waals surface area contributed by atoms with Gasteiger partial charge in [0.2, 0.25) is 0 Å². The molecule has 2 atom stereocenters. The van der Waals surface area contributed by atoms with Crippen molar-refractivity contribution in [3.63, 3.8) is 0 Å². The number of carbonyl (C=O) groups excluding carboxylic acids is 3. The summed E-state index contributed by atoms with van der Waals surface area (Å²) in [6, 6.07) is 0. The van der Waals surface area contributed by atoms with Crippen molar-refractivity contribution in [1.82, 2.24) is 0 Å². The molecule has 0 spiro atoms. The molecule has 0 rings (SSSR count). The van der Waals surface area contributed by atoms with Gasteiger partial charge in [0.1, 0.15) is 19.8 Å². The smallest absolute Gasteiger partial charge is 0.306 e. The van der Waals surface area contributed by atoms with Gasteiger partial charge in [0.05, 0.1) is 31.3 Å². The van der Waals surface area contributed by atoms with Gasteiger partial charge in [-0.3, -0.25) is 14.4 Å². The van der Waals surface area contributed by atoms with Crippen molar-refractivity contribution in [2.45, 2.75) is 44.1 Å². The highest BCUT2D eigenvalue weighted by molar-refractivity contribution is 7.81. The molecule has 0 saturated carbocycles. The van der Waals surface area contributed by atoms with E-state index in [4.69, 9.17) is 18.9 Å². The molecule has 0 bridgehead atoms. The van der Waals surface area contributed by atoms with E-state index < -0.39 is 29.6 Å². The summed E-state index contributed by atoms with van der Waals surface area (Å²) in [5, 5.41) is 10.2. The van der Waals surface area contributed by atoms with Crippen LogP contribution in [0.2, 0.25) is 0 Å². The zero-order chi connectivity index (χ0) is 23.0. The van der Waals surface area contributed by atoms with Gasteiger partial charge in [0.25, 0.3) is 0 Å². The van der Waals surface area contributed by atoms with E-state index in [0.29, 0.717) is 17.3 Å². The number of hydrogen-bond donors (Lipinski definition) is 5. The third kappa shape index (κ3) is 14.7. The Morgan fingerprint density at radius 3 is 1.50 bits per heavy atom. The molecule has 1 N–H and O–H groups in total. The zero-order valence-corrected chi connectivity index (χ0v) is 20.6. The molecule has 2 unspecified atom stereocenters. The van der Waals surface area contributed by atoms with Crippen molar-refractivity contribution in [3.05, 3.63) is 0 Å². The second kappa shape index (κ2) is 17.3. The lowest BCUT2D eigenvalue weighted by Gasteiger charge is -2.34. The normalized spacial score (nSPS) is 13.4. The Balaban J connectivity index is 5.44. The summed E-state index contributed by atoms with van der Waals surface area (Å²) in [5.74, 6) is -0.659. The second-order valence-electron chi connectivity index (χ2n) is 6.74.